The van der Waals surface area contributed by atoms with E-state index in [9.17, 15) is 0 Å². The molecule has 1 aliphatic rings. The monoisotopic (exact) mass is 206 g/mol. The minimum atomic E-state index is 0.243. The van der Waals surface area contributed by atoms with Crippen LogP contribution in [-0.2, 0) is 4.74 Å². The Morgan fingerprint density at radius 2 is 2.25 bits per heavy atom. The molecule has 0 N–H and O–H groups in total. The van der Waals surface area contributed by atoms with Crippen molar-refractivity contribution in [3.63, 3.8) is 0 Å². The molecule has 0 fully saturated rings. The van der Waals surface area contributed by atoms with E-state index in [0.717, 1.165) is 11.3 Å². The van der Waals surface area contributed by atoms with Crippen molar-refractivity contribution in [2.75, 3.05) is 7.11 Å². The van der Waals surface area contributed by atoms with Crippen LogP contribution in [-0.4, -0.2) is 13.2 Å². The van der Waals surface area contributed by atoms with Crippen LogP contribution in [0, 0.1) is 0 Å². The molecule has 0 spiro atoms. The lowest BCUT2D eigenvalue weighted by atomic mass is 10.1. The van der Waals surface area contributed by atoms with E-state index in [4.69, 9.17) is 15.4 Å². The van der Waals surface area contributed by atoms with Crippen LogP contribution in [0.4, 0.5) is 0 Å². The molecule has 1 rings (SSSR count). The summed E-state index contributed by atoms with van der Waals surface area (Å²) in [6, 6.07) is 0. The quantitative estimate of drug-likeness (QED) is 0.681. The first-order valence-electron chi connectivity index (χ1n) is 4.06. The minimum absolute atomic E-state index is 0.243. The van der Waals surface area contributed by atoms with Crippen molar-refractivity contribution in [3.05, 3.63) is 23.1 Å². The van der Waals surface area contributed by atoms with Crippen molar-refractivity contribution >= 4 is 21.7 Å². The smallest absolute Gasteiger partial charge is 0.0790 e. The van der Waals surface area contributed by atoms with Crippen LogP contribution < -0.4 is 0 Å². The molecule has 0 heterocycles. The molecule has 1 aliphatic carbocycles. The van der Waals surface area contributed by atoms with E-state index in [1.54, 1.807) is 7.11 Å². The fraction of sp³-hybridized carbons (Fsp3) is 0.556. The van der Waals surface area contributed by atoms with Gasteiger partial charge < -0.3 is 4.74 Å². The van der Waals surface area contributed by atoms with Gasteiger partial charge in [0.1, 0.15) is 0 Å². The van der Waals surface area contributed by atoms with Crippen LogP contribution in [0.2, 0.25) is 0 Å². The lowest BCUT2D eigenvalue weighted by molar-refractivity contribution is 0.142. The van der Waals surface area contributed by atoms with E-state index < -0.39 is 0 Å². The SMILES string of the molecule is CC.COC1C=CC(SCl)=CC1. The first kappa shape index (κ1) is 12.1. The van der Waals surface area contributed by atoms with Gasteiger partial charge in [0.25, 0.3) is 0 Å². The largest absolute Gasteiger partial charge is 0.377 e. The topological polar surface area (TPSA) is 9.23 Å². The number of rotatable bonds is 2. The van der Waals surface area contributed by atoms with Gasteiger partial charge in [0.05, 0.1) is 6.10 Å². The van der Waals surface area contributed by atoms with Crippen molar-refractivity contribution in [2.24, 2.45) is 0 Å². The second-order valence-electron chi connectivity index (χ2n) is 2.05. The average Bonchev–Trinajstić information content (AvgIpc) is 2.21. The van der Waals surface area contributed by atoms with Gasteiger partial charge in [0.2, 0.25) is 0 Å². The summed E-state index contributed by atoms with van der Waals surface area (Å²) >= 11 is 0. The molecule has 70 valence electrons. The predicted octanol–water partition coefficient (Wildman–Crippen LogP) is 3.76. The van der Waals surface area contributed by atoms with Crippen LogP contribution in [0.3, 0.4) is 0 Å². The van der Waals surface area contributed by atoms with E-state index in [2.05, 4.69) is 6.08 Å². The van der Waals surface area contributed by atoms with Crippen molar-refractivity contribution in [1.29, 1.82) is 0 Å². The molecular formula is C9H15ClOS. The van der Waals surface area contributed by atoms with Gasteiger partial charge in [-0.3, -0.25) is 0 Å². The van der Waals surface area contributed by atoms with Crippen LogP contribution in [0.5, 0.6) is 0 Å². The molecule has 12 heavy (non-hydrogen) atoms. The summed E-state index contributed by atoms with van der Waals surface area (Å²) in [7, 11) is 8.49. The van der Waals surface area contributed by atoms with Gasteiger partial charge in [0.15, 0.2) is 0 Å². The summed E-state index contributed by atoms with van der Waals surface area (Å²) < 4.78 is 5.10. The molecular weight excluding hydrogens is 192 g/mol. The highest BCUT2D eigenvalue weighted by Crippen LogP contribution is 2.25. The summed E-state index contributed by atoms with van der Waals surface area (Å²) in [4.78, 5) is 1.11. The number of halogens is 1. The Morgan fingerprint density at radius 3 is 2.58 bits per heavy atom. The molecule has 0 aromatic heterocycles. The van der Waals surface area contributed by atoms with Gasteiger partial charge in [-0.25, -0.2) is 0 Å². The summed E-state index contributed by atoms with van der Waals surface area (Å²) in [6.07, 6.45) is 7.25. The highest BCUT2D eigenvalue weighted by molar-refractivity contribution is 8.24. The standard InChI is InChI=1S/C7H9ClOS.C2H6/c1-9-6-2-4-7(10-8)5-3-6;1-2/h2,4-6H,3H2,1H3;1-2H3. The van der Waals surface area contributed by atoms with Crippen molar-refractivity contribution in [3.8, 4) is 0 Å². The molecule has 0 aromatic rings. The van der Waals surface area contributed by atoms with Crippen molar-refractivity contribution in [1.82, 2.24) is 0 Å². The molecule has 0 radical (unpaired) electrons. The molecule has 0 aliphatic heterocycles. The van der Waals surface area contributed by atoms with E-state index >= 15 is 0 Å². The number of hydrogen-bond donors (Lipinski definition) is 0. The predicted molar refractivity (Wildman–Crippen MR) is 57.4 cm³/mol. The maximum atomic E-state index is 5.53. The molecule has 0 saturated heterocycles. The molecule has 0 bridgehead atoms. The molecule has 0 amide bonds. The fourth-order valence-electron chi connectivity index (χ4n) is 0.813. The minimum Gasteiger partial charge on any atom is -0.377 e. The van der Waals surface area contributed by atoms with Gasteiger partial charge >= 0.3 is 0 Å². The van der Waals surface area contributed by atoms with Gasteiger partial charge in [0, 0.05) is 12.0 Å². The zero-order chi connectivity index (χ0) is 9.40. The Balaban J connectivity index is 0.000000561. The summed E-state index contributed by atoms with van der Waals surface area (Å²) in [5.74, 6) is 0. The lowest BCUT2D eigenvalue weighted by Gasteiger charge is -2.12. The molecule has 0 saturated carbocycles. The van der Waals surface area contributed by atoms with Crippen LogP contribution >= 0.6 is 21.7 Å². The second-order valence-corrected chi connectivity index (χ2v) is 3.14. The maximum absolute atomic E-state index is 5.53. The number of ether oxygens (including phenoxy) is 1. The average molecular weight is 207 g/mol. The molecule has 1 atom stereocenters. The van der Waals surface area contributed by atoms with Gasteiger partial charge in [-0.1, -0.05) is 26.0 Å². The van der Waals surface area contributed by atoms with Gasteiger partial charge in [-0.15, -0.1) is 0 Å². The molecule has 1 unspecified atom stereocenters. The fourth-order valence-corrected chi connectivity index (χ4v) is 1.45. The normalized spacial score (nSPS) is 21.0. The van der Waals surface area contributed by atoms with Crippen molar-refractivity contribution in [2.45, 2.75) is 26.4 Å². The Morgan fingerprint density at radius 1 is 1.58 bits per heavy atom. The number of hydrogen-bond acceptors (Lipinski definition) is 2. The Labute approximate surface area is 83.3 Å². The summed E-state index contributed by atoms with van der Waals surface area (Å²) in [5.41, 5.74) is 0. The van der Waals surface area contributed by atoms with Crippen molar-refractivity contribution < 1.29 is 4.74 Å². The maximum Gasteiger partial charge on any atom is 0.0790 e. The molecule has 1 nitrogen and oxygen atoms in total. The van der Waals surface area contributed by atoms with E-state index in [-0.39, 0.29) is 6.10 Å². The summed E-state index contributed by atoms with van der Waals surface area (Å²) in [6.45, 7) is 4.00. The zero-order valence-electron chi connectivity index (χ0n) is 7.71. The Bertz CT molecular complexity index is 166. The number of allylic oxidation sites excluding steroid dienone is 1. The van der Waals surface area contributed by atoms with E-state index in [1.165, 1.54) is 11.0 Å². The van der Waals surface area contributed by atoms with Gasteiger partial charge in [-0.2, -0.15) is 0 Å². The third kappa shape index (κ3) is 4.19. The molecule has 3 heteroatoms. The number of methoxy groups -OCH3 is 1. The Hall–Kier alpha value is 0.0800. The van der Waals surface area contributed by atoms with Crippen LogP contribution in [0.15, 0.2) is 23.1 Å². The van der Waals surface area contributed by atoms with Crippen LogP contribution in [0.25, 0.3) is 0 Å². The summed E-state index contributed by atoms with van der Waals surface area (Å²) in [5, 5.41) is 0. The Kier molecular flexibility index (Phi) is 7.77. The third-order valence-corrected chi connectivity index (χ3v) is 2.43. The first-order valence-corrected chi connectivity index (χ1v) is 5.71. The molecule has 0 aromatic carbocycles. The van der Waals surface area contributed by atoms with E-state index in [1.807, 2.05) is 26.0 Å². The second kappa shape index (κ2) is 7.71. The third-order valence-electron chi connectivity index (χ3n) is 1.42. The highest BCUT2D eigenvalue weighted by atomic mass is 35.7. The van der Waals surface area contributed by atoms with Gasteiger partial charge in [-0.05, 0) is 34.2 Å². The van der Waals surface area contributed by atoms with Crippen LogP contribution in [0.1, 0.15) is 20.3 Å². The highest BCUT2D eigenvalue weighted by Gasteiger charge is 2.05. The van der Waals surface area contributed by atoms with E-state index in [0.29, 0.717) is 0 Å². The lowest BCUT2D eigenvalue weighted by Crippen LogP contribution is -2.07. The zero-order valence-corrected chi connectivity index (χ0v) is 9.28. The first-order chi connectivity index (χ1) is 5.86.